The molecule has 10 heteroatoms. The zero-order valence-corrected chi connectivity index (χ0v) is 15.4. The Morgan fingerprint density at radius 3 is 2.17 bits per heavy atom. The molecule has 8 nitrogen and oxygen atoms in total. The highest BCUT2D eigenvalue weighted by atomic mass is 79.9. The molecule has 0 aliphatic heterocycles. The number of methoxy groups -OCH3 is 3. The number of sulfonamides is 1. The average molecular weight is 412 g/mol. The molecule has 0 saturated carbocycles. The van der Waals surface area contributed by atoms with Gasteiger partial charge in [-0.2, -0.15) is 4.72 Å². The number of hydrogen-bond donors (Lipinski definition) is 2. The summed E-state index contributed by atoms with van der Waals surface area (Å²) in [6, 6.07) is 1.22. The van der Waals surface area contributed by atoms with Crippen molar-refractivity contribution in [2.75, 3.05) is 21.3 Å². The van der Waals surface area contributed by atoms with Crippen molar-refractivity contribution in [2.45, 2.75) is 24.0 Å². The predicted octanol–water partition coefficient (Wildman–Crippen LogP) is 0.667. The van der Waals surface area contributed by atoms with Crippen LogP contribution in [0.25, 0.3) is 0 Å². The number of carbonyl (C=O) groups excluding carboxylic acids is 1. The number of esters is 1. The molecule has 0 unspecified atom stereocenters. The molecule has 2 N–H and O–H groups in total. The standard InChI is InChI=1S/C13H18BrNO7S/c1-7(16)12(13(17)22-4)15-23(18,19)11-6-10(21-3)9(20-2)5-8(11)14/h5-7,12,15-16H,1-4H3/t7-,12+/m1/s1. The van der Waals surface area contributed by atoms with E-state index >= 15 is 0 Å². The van der Waals surface area contributed by atoms with Gasteiger partial charge in [-0.3, -0.25) is 4.79 Å². The van der Waals surface area contributed by atoms with Crippen LogP contribution in [0.3, 0.4) is 0 Å². The zero-order chi connectivity index (χ0) is 17.8. The molecule has 1 rings (SSSR count). The van der Waals surface area contributed by atoms with E-state index in [0.29, 0.717) is 5.75 Å². The monoisotopic (exact) mass is 411 g/mol. The van der Waals surface area contributed by atoms with Crippen LogP contribution in [0.15, 0.2) is 21.5 Å². The summed E-state index contributed by atoms with van der Waals surface area (Å²) < 4.78 is 41.9. The van der Waals surface area contributed by atoms with Gasteiger partial charge in [-0.25, -0.2) is 8.42 Å². The second kappa shape index (κ2) is 7.95. The molecule has 130 valence electrons. The number of aliphatic hydroxyl groups is 1. The topological polar surface area (TPSA) is 111 Å². The summed E-state index contributed by atoms with van der Waals surface area (Å²) in [5.74, 6) is -0.374. The van der Waals surface area contributed by atoms with Crippen molar-refractivity contribution < 1.29 is 32.5 Å². The van der Waals surface area contributed by atoms with E-state index in [4.69, 9.17) is 9.47 Å². The largest absolute Gasteiger partial charge is 0.493 e. The molecule has 0 bridgehead atoms. The SMILES string of the molecule is COC(=O)[C@@H](NS(=O)(=O)c1cc(OC)c(OC)cc1Br)[C@@H](C)O. The lowest BCUT2D eigenvalue weighted by Crippen LogP contribution is -2.48. The molecule has 0 heterocycles. The molecule has 0 aliphatic carbocycles. The molecule has 0 saturated heterocycles. The van der Waals surface area contributed by atoms with Crippen LogP contribution in [0, 0.1) is 0 Å². The van der Waals surface area contributed by atoms with Gasteiger partial charge in [0.05, 0.1) is 27.4 Å². The van der Waals surface area contributed by atoms with E-state index in [-0.39, 0.29) is 15.1 Å². The van der Waals surface area contributed by atoms with Crippen molar-refractivity contribution in [3.8, 4) is 11.5 Å². The third kappa shape index (κ3) is 4.56. The first-order valence-electron chi connectivity index (χ1n) is 6.37. The van der Waals surface area contributed by atoms with Crippen molar-refractivity contribution in [3.05, 3.63) is 16.6 Å². The number of carbonyl (C=O) groups is 1. The van der Waals surface area contributed by atoms with Gasteiger partial charge < -0.3 is 19.3 Å². The van der Waals surface area contributed by atoms with Crippen LogP contribution >= 0.6 is 15.9 Å². The van der Waals surface area contributed by atoms with Gasteiger partial charge in [0.15, 0.2) is 11.5 Å². The Kier molecular flexibility index (Phi) is 6.81. The second-order valence-corrected chi connectivity index (χ2v) is 7.04. The summed E-state index contributed by atoms with van der Waals surface area (Å²) >= 11 is 3.13. The average Bonchev–Trinajstić information content (AvgIpc) is 2.50. The molecule has 1 aromatic rings. The quantitative estimate of drug-likeness (QED) is 0.634. The van der Waals surface area contributed by atoms with Crippen molar-refractivity contribution in [1.29, 1.82) is 0 Å². The van der Waals surface area contributed by atoms with E-state index in [1.807, 2.05) is 0 Å². The van der Waals surface area contributed by atoms with Crippen LogP contribution in [-0.4, -0.2) is 53.0 Å². The first kappa shape index (κ1) is 19.7. The molecular weight excluding hydrogens is 394 g/mol. The second-order valence-electron chi connectivity index (χ2n) is 4.50. The molecule has 0 spiro atoms. The normalized spacial score (nSPS) is 14.0. The maximum Gasteiger partial charge on any atom is 0.326 e. The smallest absolute Gasteiger partial charge is 0.326 e. The summed E-state index contributed by atoms with van der Waals surface area (Å²) in [6.45, 7) is 1.27. The van der Waals surface area contributed by atoms with E-state index in [9.17, 15) is 18.3 Å². The molecule has 0 aromatic heterocycles. The molecule has 0 fully saturated rings. The number of ether oxygens (including phenoxy) is 3. The Bertz CT molecular complexity index is 675. The maximum atomic E-state index is 12.5. The highest BCUT2D eigenvalue weighted by molar-refractivity contribution is 9.10. The first-order chi connectivity index (χ1) is 10.7. The Hall–Kier alpha value is -1.36. The first-order valence-corrected chi connectivity index (χ1v) is 8.65. The van der Waals surface area contributed by atoms with Crippen molar-refractivity contribution in [1.82, 2.24) is 4.72 Å². The minimum Gasteiger partial charge on any atom is -0.493 e. The Morgan fingerprint density at radius 2 is 1.74 bits per heavy atom. The van der Waals surface area contributed by atoms with Crippen LogP contribution in [-0.2, 0) is 19.6 Å². The maximum absolute atomic E-state index is 12.5. The van der Waals surface area contributed by atoms with Crippen molar-refractivity contribution in [2.24, 2.45) is 0 Å². The van der Waals surface area contributed by atoms with Crippen molar-refractivity contribution >= 4 is 31.9 Å². The highest BCUT2D eigenvalue weighted by Crippen LogP contribution is 2.35. The molecule has 23 heavy (non-hydrogen) atoms. The fourth-order valence-electron chi connectivity index (χ4n) is 1.74. The van der Waals surface area contributed by atoms with Gasteiger partial charge >= 0.3 is 5.97 Å². The van der Waals surface area contributed by atoms with E-state index in [2.05, 4.69) is 25.4 Å². The van der Waals surface area contributed by atoms with Crippen LogP contribution in [0.5, 0.6) is 11.5 Å². The number of rotatable bonds is 7. The molecule has 0 radical (unpaired) electrons. The fourth-order valence-corrected chi connectivity index (χ4v) is 4.04. The van der Waals surface area contributed by atoms with Gasteiger partial charge in [0.2, 0.25) is 10.0 Å². The van der Waals surface area contributed by atoms with Gasteiger partial charge in [-0.1, -0.05) is 0 Å². The van der Waals surface area contributed by atoms with Crippen LogP contribution < -0.4 is 14.2 Å². The molecule has 0 aliphatic rings. The lowest BCUT2D eigenvalue weighted by molar-refractivity contribution is -0.145. The Balaban J connectivity index is 3.30. The number of halogens is 1. The van der Waals surface area contributed by atoms with E-state index in [0.717, 1.165) is 7.11 Å². The molecular formula is C13H18BrNO7S. The summed E-state index contributed by atoms with van der Waals surface area (Å²) in [6.07, 6.45) is -1.28. The van der Waals surface area contributed by atoms with E-state index in [1.54, 1.807) is 0 Å². The van der Waals surface area contributed by atoms with Gasteiger partial charge in [-0.05, 0) is 28.9 Å². The molecule has 2 atom stereocenters. The lowest BCUT2D eigenvalue weighted by atomic mass is 10.2. The van der Waals surface area contributed by atoms with Gasteiger partial charge in [-0.15, -0.1) is 0 Å². The van der Waals surface area contributed by atoms with Crippen LogP contribution in [0.4, 0.5) is 0 Å². The summed E-state index contributed by atoms with van der Waals surface area (Å²) in [4.78, 5) is 11.4. The van der Waals surface area contributed by atoms with Crippen molar-refractivity contribution in [3.63, 3.8) is 0 Å². The zero-order valence-electron chi connectivity index (χ0n) is 13.0. The third-order valence-electron chi connectivity index (χ3n) is 2.95. The summed E-state index contributed by atoms with van der Waals surface area (Å²) in [7, 11) is -0.268. The van der Waals surface area contributed by atoms with Crippen LogP contribution in [0.2, 0.25) is 0 Å². The van der Waals surface area contributed by atoms with Crippen LogP contribution in [0.1, 0.15) is 6.92 Å². The summed E-state index contributed by atoms with van der Waals surface area (Å²) in [5, 5.41) is 9.59. The van der Waals surface area contributed by atoms with Gasteiger partial charge in [0, 0.05) is 10.5 Å². The fraction of sp³-hybridized carbons (Fsp3) is 0.462. The number of benzene rings is 1. The van der Waals surface area contributed by atoms with E-state index in [1.165, 1.54) is 33.3 Å². The van der Waals surface area contributed by atoms with Gasteiger partial charge in [0.1, 0.15) is 10.9 Å². The highest BCUT2D eigenvalue weighted by Gasteiger charge is 2.32. The third-order valence-corrected chi connectivity index (χ3v) is 5.35. The predicted molar refractivity (Wildman–Crippen MR) is 85.1 cm³/mol. The lowest BCUT2D eigenvalue weighted by Gasteiger charge is -2.20. The number of nitrogens with one attached hydrogen (secondary N) is 1. The Labute approximate surface area is 142 Å². The minimum atomic E-state index is -4.14. The van der Waals surface area contributed by atoms with E-state index < -0.39 is 28.1 Å². The Morgan fingerprint density at radius 1 is 1.22 bits per heavy atom. The number of aliphatic hydroxyl groups excluding tert-OH is 1. The molecule has 0 amide bonds. The number of hydrogen-bond acceptors (Lipinski definition) is 7. The molecule has 1 aromatic carbocycles. The summed E-state index contributed by atoms with van der Waals surface area (Å²) in [5.41, 5.74) is 0. The van der Waals surface area contributed by atoms with Gasteiger partial charge in [0.25, 0.3) is 0 Å². The minimum absolute atomic E-state index is 0.176.